The van der Waals surface area contributed by atoms with Crippen molar-refractivity contribution < 1.29 is 14.3 Å². The van der Waals surface area contributed by atoms with Crippen LogP contribution in [0.25, 0.3) is 0 Å². The summed E-state index contributed by atoms with van der Waals surface area (Å²) >= 11 is 0. The highest BCUT2D eigenvalue weighted by molar-refractivity contribution is 5.97. The van der Waals surface area contributed by atoms with Crippen molar-refractivity contribution in [3.63, 3.8) is 0 Å². The van der Waals surface area contributed by atoms with E-state index in [0.29, 0.717) is 24.4 Å². The highest BCUT2D eigenvalue weighted by Gasteiger charge is 2.27. The van der Waals surface area contributed by atoms with Gasteiger partial charge in [-0.05, 0) is 62.2 Å². The Kier molecular flexibility index (Phi) is 6.66. The van der Waals surface area contributed by atoms with Gasteiger partial charge < -0.3 is 15.4 Å². The molecule has 2 aromatic carbocycles. The molecule has 6 nitrogen and oxygen atoms in total. The van der Waals surface area contributed by atoms with Gasteiger partial charge in [0.2, 0.25) is 5.91 Å². The van der Waals surface area contributed by atoms with Crippen molar-refractivity contribution in [2.24, 2.45) is 0 Å². The van der Waals surface area contributed by atoms with E-state index in [4.69, 9.17) is 4.74 Å². The highest BCUT2D eigenvalue weighted by atomic mass is 16.5. The Bertz CT molecular complexity index is 820. The van der Waals surface area contributed by atoms with Gasteiger partial charge in [-0.3, -0.25) is 14.5 Å². The van der Waals surface area contributed by atoms with Gasteiger partial charge in [-0.15, -0.1) is 0 Å². The Balaban J connectivity index is 1.62. The zero-order valence-corrected chi connectivity index (χ0v) is 16.4. The molecule has 28 heavy (non-hydrogen) atoms. The minimum atomic E-state index is -0.175. The predicted molar refractivity (Wildman–Crippen MR) is 110 cm³/mol. The lowest BCUT2D eigenvalue weighted by molar-refractivity contribution is -0.117. The van der Waals surface area contributed by atoms with Crippen LogP contribution in [0.3, 0.4) is 0 Å². The molecule has 1 atom stereocenters. The molecule has 0 aliphatic carbocycles. The molecule has 0 saturated carbocycles. The summed E-state index contributed by atoms with van der Waals surface area (Å²) in [5.41, 5.74) is 2.35. The molecule has 0 aromatic heterocycles. The van der Waals surface area contributed by atoms with E-state index in [1.807, 2.05) is 19.1 Å². The van der Waals surface area contributed by atoms with Crippen molar-refractivity contribution in [3.8, 4) is 5.75 Å². The predicted octanol–water partition coefficient (Wildman–Crippen LogP) is 3.22. The van der Waals surface area contributed by atoms with Crippen LogP contribution >= 0.6 is 0 Å². The molecule has 0 spiro atoms. The van der Waals surface area contributed by atoms with E-state index in [0.717, 1.165) is 25.1 Å². The van der Waals surface area contributed by atoms with Gasteiger partial charge in [0, 0.05) is 24.3 Å². The SMILES string of the molecule is CCOc1ccc(C2CCCN2CC(=O)Nc2cccc(C(=O)NC)c2)cc1. The molecule has 2 aromatic rings. The number of anilines is 1. The molecule has 1 aliphatic heterocycles. The summed E-state index contributed by atoms with van der Waals surface area (Å²) in [6.45, 7) is 3.83. The van der Waals surface area contributed by atoms with E-state index in [-0.39, 0.29) is 17.9 Å². The lowest BCUT2D eigenvalue weighted by Crippen LogP contribution is -2.33. The standard InChI is InChI=1S/C22H27N3O3/c1-3-28-19-11-9-16(10-12-19)20-8-5-13-25(20)15-21(26)24-18-7-4-6-17(14-18)22(27)23-2/h4,6-7,9-12,14,20H,3,5,8,13,15H2,1-2H3,(H,23,27)(H,24,26). The van der Waals surface area contributed by atoms with Gasteiger partial charge in [0.05, 0.1) is 13.2 Å². The van der Waals surface area contributed by atoms with Crippen molar-refractivity contribution in [2.75, 3.05) is 32.1 Å². The molecule has 1 unspecified atom stereocenters. The smallest absolute Gasteiger partial charge is 0.251 e. The Morgan fingerprint density at radius 2 is 1.96 bits per heavy atom. The number of rotatable bonds is 7. The number of carbonyl (C=O) groups is 2. The first-order chi connectivity index (χ1) is 13.6. The molecule has 1 aliphatic rings. The fraction of sp³-hybridized carbons (Fsp3) is 0.364. The summed E-state index contributed by atoms with van der Waals surface area (Å²) in [6, 6.07) is 15.3. The van der Waals surface area contributed by atoms with Gasteiger partial charge in [0.15, 0.2) is 0 Å². The molecule has 6 heteroatoms. The lowest BCUT2D eigenvalue weighted by Gasteiger charge is -2.24. The number of nitrogens with zero attached hydrogens (tertiary/aromatic N) is 1. The van der Waals surface area contributed by atoms with Crippen molar-refractivity contribution in [3.05, 3.63) is 59.7 Å². The molecule has 0 radical (unpaired) electrons. The van der Waals surface area contributed by atoms with Gasteiger partial charge in [-0.1, -0.05) is 18.2 Å². The maximum Gasteiger partial charge on any atom is 0.251 e. The van der Waals surface area contributed by atoms with Gasteiger partial charge in [-0.25, -0.2) is 0 Å². The summed E-state index contributed by atoms with van der Waals surface area (Å²) < 4.78 is 5.51. The van der Waals surface area contributed by atoms with Gasteiger partial charge in [0.25, 0.3) is 5.91 Å². The third kappa shape index (κ3) is 4.89. The first-order valence-corrected chi connectivity index (χ1v) is 9.69. The summed E-state index contributed by atoms with van der Waals surface area (Å²) in [7, 11) is 1.59. The van der Waals surface area contributed by atoms with Crippen LogP contribution in [0.5, 0.6) is 5.75 Å². The molecule has 1 fully saturated rings. The maximum atomic E-state index is 12.6. The molecule has 2 N–H and O–H groups in total. The Morgan fingerprint density at radius 3 is 2.68 bits per heavy atom. The van der Waals surface area contributed by atoms with E-state index >= 15 is 0 Å². The van der Waals surface area contributed by atoms with Crippen molar-refractivity contribution in [1.82, 2.24) is 10.2 Å². The number of amides is 2. The first kappa shape index (κ1) is 19.9. The van der Waals surface area contributed by atoms with Crippen molar-refractivity contribution in [1.29, 1.82) is 0 Å². The molecular weight excluding hydrogens is 354 g/mol. The molecular formula is C22H27N3O3. The van der Waals surface area contributed by atoms with Crippen LogP contribution < -0.4 is 15.4 Å². The summed E-state index contributed by atoms with van der Waals surface area (Å²) in [5, 5.41) is 5.49. The highest BCUT2D eigenvalue weighted by Crippen LogP contribution is 2.32. The number of carbonyl (C=O) groups excluding carboxylic acids is 2. The summed E-state index contributed by atoms with van der Waals surface area (Å²) in [5.74, 6) is 0.614. The number of likely N-dealkylation sites (tertiary alicyclic amines) is 1. The van der Waals surface area contributed by atoms with Crippen molar-refractivity contribution >= 4 is 17.5 Å². The quantitative estimate of drug-likeness (QED) is 0.773. The molecule has 2 amide bonds. The van der Waals surface area contributed by atoms with E-state index in [1.54, 1.807) is 31.3 Å². The Morgan fingerprint density at radius 1 is 1.18 bits per heavy atom. The average molecular weight is 381 g/mol. The topological polar surface area (TPSA) is 70.7 Å². The molecule has 3 rings (SSSR count). The van der Waals surface area contributed by atoms with Crippen LogP contribution in [-0.2, 0) is 4.79 Å². The van der Waals surface area contributed by atoms with Crippen LogP contribution in [0.1, 0.15) is 41.7 Å². The largest absolute Gasteiger partial charge is 0.494 e. The summed E-state index contributed by atoms with van der Waals surface area (Å²) in [4.78, 5) is 26.5. The van der Waals surface area contributed by atoms with Crippen LogP contribution in [-0.4, -0.2) is 43.5 Å². The lowest BCUT2D eigenvalue weighted by atomic mass is 10.0. The second-order valence-corrected chi connectivity index (χ2v) is 6.84. The number of benzene rings is 2. The number of ether oxygens (including phenoxy) is 1. The Hall–Kier alpha value is -2.86. The fourth-order valence-electron chi connectivity index (χ4n) is 3.61. The zero-order chi connectivity index (χ0) is 19.9. The normalized spacial score (nSPS) is 16.6. The van der Waals surface area contributed by atoms with Crippen LogP contribution in [0.4, 0.5) is 5.69 Å². The minimum Gasteiger partial charge on any atom is -0.494 e. The second kappa shape index (κ2) is 9.37. The monoisotopic (exact) mass is 381 g/mol. The zero-order valence-electron chi connectivity index (χ0n) is 16.4. The van der Waals surface area contributed by atoms with Crippen molar-refractivity contribution in [2.45, 2.75) is 25.8 Å². The summed E-state index contributed by atoms with van der Waals surface area (Å²) in [6.07, 6.45) is 2.10. The number of hydrogen-bond acceptors (Lipinski definition) is 4. The van der Waals surface area contributed by atoms with Crippen LogP contribution in [0.15, 0.2) is 48.5 Å². The molecule has 0 bridgehead atoms. The molecule has 148 valence electrons. The van der Waals surface area contributed by atoms with Gasteiger partial charge in [0.1, 0.15) is 5.75 Å². The van der Waals surface area contributed by atoms with Crippen LogP contribution in [0, 0.1) is 0 Å². The van der Waals surface area contributed by atoms with E-state index in [2.05, 4.69) is 27.7 Å². The van der Waals surface area contributed by atoms with Gasteiger partial charge in [-0.2, -0.15) is 0 Å². The number of hydrogen-bond donors (Lipinski definition) is 2. The third-order valence-corrected chi connectivity index (χ3v) is 4.92. The molecule has 1 heterocycles. The van der Waals surface area contributed by atoms with E-state index < -0.39 is 0 Å². The maximum absolute atomic E-state index is 12.6. The number of nitrogens with one attached hydrogen (secondary N) is 2. The third-order valence-electron chi connectivity index (χ3n) is 4.92. The Labute approximate surface area is 165 Å². The minimum absolute atomic E-state index is 0.0770. The average Bonchev–Trinajstić information content (AvgIpc) is 3.16. The van der Waals surface area contributed by atoms with Crippen LogP contribution in [0.2, 0.25) is 0 Å². The first-order valence-electron chi connectivity index (χ1n) is 9.69. The van der Waals surface area contributed by atoms with E-state index in [1.165, 1.54) is 5.56 Å². The van der Waals surface area contributed by atoms with E-state index in [9.17, 15) is 9.59 Å². The molecule has 1 saturated heterocycles. The second-order valence-electron chi connectivity index (χ2n) is 6.84. The fourth-order valence-corrected chi connectivity index (χ4v) is 3.61. The van der Waals surface area contributed by atoms with Gasteiger partial charge >= 0.3 is 0 Å².